The SMILES string of the molecule is COc1nc(-c2cccc(-c3cccc(NC(=O)c4cn(C)c(=O)n(C)c4=O)c3C)c2C)cc2c1C(N1CC(C)(OC)C1)CC2. The number of carbonyl (C=O) groups is 1. The summed E-state index contributed by atoms with van der Waals surface area (Å²) in [6.45, 7) is 7.95. The Labute approximate surface area is 262 Å². The van der Waals surface area contributed by atoms with Crippen LogP contribution in [0.15, 0.2) is 58.3 Å². The number of ether oxygens (including phenoxy) is 2. The van der Waals surface area contributed by atoms with E-state index in [4.69, 9.17) is 14.5 Å². The van der Waals surface area contributed by atoms with Crippen molar-refractivity contribution in [2.24, 2.45) is 14.1 Å². The lowest BCUT2D eigenvalue weighted by molar-refractivity contribution is -0.127. The van der Waals surface area contributed by atoms with Crippen LogP contribution in [0, 0.1) is 13.8 Å². The maximum absolute atomic E-state index is 13.2. The van der Waals surface area contributed by atoms with Gasteiger partial charge in [-0.1, -0.05) is 30.3 Å². The zero-order valence-electron chi connectivity index (χ0n) is 26.9. The van der Waals surface area contributed by atoms with Crippen LogP contribution in [0.2, 0.25) is 0 Å². The lowest BCUT2D eigenvalue weighted by Crippen LogP contribution is -2.61. The Morgan fingerprint density at radius 3 is 2.36 bits per heavy atom. The first-order valence-corrected chi connectivity index (χ1v) is 15.1. The molecule has 2 aromatic heterocycles. The summed E-state index contributed by atoms with van der Waals surface area (Å²) in [5.41, 5.74) is 7.43. The number of methoxy groups -OCH3 is 2. The van der Waals surface area contributed by atoms with Gasteiger partial charge in [-0.2, -0.15) is 0 Å². The molecule has 1 aliphatic heterocycles. The van der Waals surface area contributed by atoms with Gasteiger partial charge in [0.25, 0.3) is 11.5 Å². The van der Waals surface area contributed by atoms with Crippen molar-refractivity contribution in [2.75, 3.05) is 32.6 Å². The Morgan fingerprint density at radius 2 is 1.67 bits per heavy atom. The van der Waals surface area contributed by atoms with Gasteiger partial charge >= 0.3 is 5.69 Å². The molecule has 1 amide bonds. The second kappa shape index (κ2) is 11.4. The Bertz CT molecular complexity index is 1950. The second-order valence-corrected chi connectivity index (χ2v) is 12.4. The Hall–Kier alpha value is -4.54. The van der Waals surface area contributed by atoms with E-state index in [0.717, 1.165) is 64.0 Å². The standard InChI is InChI=1S/C35H39N5O5/c1-20-23(24-11-9-13-27(21(24)2)36-31(41)26-17-38(4)34(43)39(5)33(26)42)10-8-12-25(20)28-16-22-14-15-29(30(22)32(37-28)44-6)40-18-35(3,19-40)45-7/h8-13,16-17,29H,14-15,18-19H2,1-7H3,(H,36,41). The van der Waals surface area contributed by atoms with Gasteiger partial charge in [0.1, 0.15) is 5.56 Å². The molecule has 4 aromatic rings. The number of fused-ring (bicyclic) bond motifs is 1. The van der Waals surface area contributed by atoms with Crippen molar-refractivity contribution < 1.29 is 14.3 Å². The first-order chi connectivity index (χ1) is 21.5. The van der Waals surface area contributed by atoms with Gasteiger partial charge in [0.2, 0.25) is 5.88 Å². The number of aromatic nitrogens is 3. The van der Waals surface area contributed by atoms with Gasteiger partial charge in [0.15, 0.2) is 0 Å². The molecule has 10 heteroatoms. The fourth-order valence-corrected chi connectivity index (χ4v) is 6.82. The topological polar surface area (TPSA) is 108 Å². The van der Waals surface area contributed by atoms with Crippen molar-refractivity contribution in [3.63, 3.8) is 0 Å². The molecule has 1 atom stereocenters. The third-order valence-corrected chi connectivity index (χ3v) is 9.50. The predicted octanol–water partition coefficient (Wildman–Crippen LogP) is 4.40. The Morgan fingerprint density at radius 1 is 1.00 bits per heavy atom. The van der Waals surface area contributed by atoms with Crippen molar-refractivity contribution in [2.45, 2.75) is 45.3 Å². The molecule has 0 spiro atoms. The quantitative estimate of drug-likeness (QED) is 0.331. The maximum Gasteiger partial charge on any atom is 0.330 e. The number of nitrogens with one attached hydrogen (secondary N) is 1. The van der Waals surface area contributed by atoms with Gasteiger partial charge in [-0.3, -0.25) is 19.1 Å². The molecule has 10 nitrogen and oxygen atoms in total. The number of likely N-dealkylation sites (tertiary alicyclic amines) is 1. The average Bonchev–Trinajstić information content (AvgIpc) is 3.44. The molecule has 2 aromatic carbocycles. The number of nitrogens with zero attached hydrogens (tertiary/aromatic N) is 4. The van der Waals surface area contributed by atoms with Crippen LogP contribution in [0.1, 0.15) is 52.0 Å². The molecule has 1 saturated heterocycles. The van der Waals surface area contributed by atoms with Crippen LogP contribution in [-0.2, 0) is 25.3 Å². The summed E-state index contributed by atoms with van der Waals surface area (Å²) in [5.74, 6) is 0.0982. The van der Waals surface area contributed by atoms with E-state index in [1.54, 1.807) is 20.3 Å². The van der Waals surface area contributed by atoms with Crippen LogP contribution in [-0.4, -0.2) is 57.8 Å². The summed E-state index contributed by atoms with van der Waals surface area (Å²) in [5, 5.41) is 2.88. The third kappa shape index (κ3) is 5.17. The zero-order chi connectivity index (χ0) is 32.2. The number of benzene rings is 2. The number of anilines is 1. The summed E-state index contributed by atoms with van der Waals surface area (Å²) in [7, 11) is 6.33. The number of rotatable bonds is 7. The summed E-state index contributed by atoms with van der Waals surface area (Å²) in [6.07, 6.45) is 3.26. The number of hydrogen-bond acceptors (Lipinski definition) is 7. The van der Waals surface area contributed by atoms with Crippen LogP contribution in [0.5, 0.6) is 5.88 Å². The lowest BCUT2D eigenvalue weighted by Gasteiger charge is -2.50. The normalized spacial score (nSPS) is 17.1. The fourth-order valence-electron chi connectivity index (χ4n) is 6.82. The molecule has 0 radical (unpaired) electrons. The highest BCUT2D eigenvalue weighted by molar-refractivity contribution is 6.04. The molecule has 3 heterocycles. The molecule has 45 heavy (non-hydrogen) atoms. The minimum absolute atomic E-state index is 0.0996. The van der Waals surface area contributed by atoms with Crippen LogP contribution in [0.3, 0.4) is 0 Å². The molecule has 1 unspecified atom stereocenters. The van der Waals surface area contributed by atoms with E-state index in [1.165, 1.54) is 36.0 Å². The molecule has 234 valence electrons. The van der Waals surface area contributed by atoms with Crippen molar-refractivity contribution >= 4 is 11.6 Å². The minimum atomic E-state index is -0.644. The van der Waals surface area contributed by atoms with E-state index >= 15 is 0 Å². The molecule has 0 saturated carbocycles. The van der Waals surface area contributed by atoms with E-state index in [1.807, 2.05) is 25.1 Å². The maximum atomic E-state index is 13.2. The number of pyridine rings is 1. The highest BCUT2D eigenvalue weighted by Crippen LogP contribution is 2.46. The van der Waals surface area contributed by atoms with Gasteiger partial charge in [0, 0.05) is 63.3 Å². The minimum Gasteiger partial charge on any atom is -0.481 e. The smallest absolute Gasteiger partial charge is 0.330 e. The largest absolute Gasteiger partial charge is 0.481 e. The molecular weight excluding hydrogens is 570 g/mol. The van der Waals surface area contributed by atoms with E-state index in [0.29, 0.717) is 11.6 Å². The Balaban J connectivity index is 1.33. The number of aryl methyl sites for hydroxylation is 2. The number of hydrogen-bond donors (Lipinski definition) is 1. The summed E-state index contributed by atoms with van der Waals surface area (Å²) in [4.78, 5) is 45.4. The molecule has 1 aliphatic carbocycles. The van der Waals surface area contributed by atoms with Crippen molar-refractivity contribution in [1.29, 1.82) is 0 Å². The van der Waals surface area contributed by atoms with E-state index < -0.39 is 17.2 Å². The van der Waals surface area contributed by atoms with Gasteiger partial charge < -0.3 is 19.4 Å². The second-order valence-electron chi connectivity index (χ2n) is 12.4. The van der Waals surface area contributed by atoms with Gasteiger partial charge in [-0.05, 0) is 73.6 Å². The first kappa shape index (κ1) is 30.5. The zero-order valence-corrected chi connectivity index (χ0v) is 26.9. The monoisotopic (exact) mass is 609 g/mol. The van der Waals surface area contributed by atoms with Crippen LogP contribution in [0.4, 0.5) is 5.69 Å². The first-order valence-electron chi connectivity index (χ1n) is 15.1. The van der Waals surface area contributed by atoms with Gasteiger partial charge in [-0.15, -0.1) is 0 Å². The average molecular weight is 610 g/mol. The molecule has 2 aliphatic rings. The summed E-state index contributed by atoms with van der Waals surface area (Å²) in [6, 6.07) is 14.3. The van der Waals surface area contributed by atoms with Gasteiger partial charge in [-0.25, -0.2) is 9.78 Å². The predicted molar refractivity (Wildman–Crippen MR) is 174 cm³/mol. The van der Waals surface area contributed by atoms with Crippen molar-refractivity contribution in [3.05, 3.63) is 97.3 Å². The summed E-state index contributed by atoms with van der Waals surface area (Å²) >= 11 is 0. The van der Waals surface area contributed by atoms with Gasteiger partial charge in [0.05, 0.1) is 18.4 Å². The van der Waals surface area contributed by atoms with E-state index in [-0.39, 0.29) is 17.2 Å². The third-order valence-electron chi connectivity index (χ3n) is 9.50. The van der Waals surface area contributed by atoms with E-state index in [2.05, 4.69) is 42.3 Å². The number of carbonyl (C=O) groups excluding carboxylic acids is 1. The molecular formula is C35H39N5O5. The molecule has 6 rings (SSSR count). The van der Waals surface area contributed by atoms with Crippen molar-refractivity contribution in [3.8, 4) is 28.3 Å². The van der Waals surface area contributed by atoms with Crippen LogP contribution in [0.25, 0.3) is 22.4 Å². The fraction of sp³-hybridized carbons (Fsp3) is 0.371. The molecule has 0 bridgehead atoms. The summed E-state index contributed by atoms with van der Waals surface area (Å²) < 4.78 is 13.7. The highest BCUT2D eigenvalue weighted by atomic mass is 16.5. The van der Waals surface area contributed by atoms with Crippen LogP contribution < -0.4 is 21.3 Å². The number of amides is 1. The highest BCUT2D eigenvalue weighted by Gasteiger charge is 2.45. The van der Waals surface area contributed by atoms with Crippen LogP contribution >= 0.6 is 0 Å². The lowest BCUT2D eigenvalue weighted by atomic mass is 9.91. The Kier molecular flexibility index (Phi) is 7.74. The molecule has 1 fully saturated rings. The van der Waals surface area contributed by atoms with Crippen molar-refractivity contribution in [1.82, 2.24) is 19.0 Å². The van der Waals surface area contributed by atoms with E-state index in [9.17, 15) is 14.4 Å². The molecule has 1 N–H and O–H groups in total.